The second-order valence-electron chi connectivity index (χ2n) is 8.17. The summed E-state index contributed by atoms with van der Waals surface area (Å²) in [5.74, 6) is 2.78. The second kappa shape index (κ2) is 8.43. The minimum absolute atomic E-state index is 0.0534. The lowest BCUT2D eigenvalue weighted by atomic mass is 10.1. The molecule has 34 heavy (non-hydrogen) atoms. The van der Waals surface area contributed by atoms with Gasteiger partial charge in [0.1, 0.15) is 21.6 Å². The first-order valence-electron chi connectivity index (χ1n) is 10.3. The summed E-state index contributed by atoms with van der Waals surface area (Å²) in [7, 11) is -2.82. The highest BCUT2D eigenvalue weighted by Gasteiger charge is 2.24. The molecule has 0 amide bonds. The van der Waals surface area contributed by atoms with Crippen LogP contribution < -0.4 is 19.1 Å². The molecule has 4 rings (SSSR count). The fourth-order valence-electron chi connectivity index (χ4n) is 3.40. The molecular weight excluding hydrogens is 456 g/mol. The topological polar surface area (TPSA) is 92.0 Å². The van der Waals surface area contributed by atoms with Crippen molar-refractivity contribution in [3.8, 4) is 29.6 Å². The van der Waals surface area contributed by atoms with Crippen LogP contribution in [0.4, 0.5) is 0 Å². The molecule has 0 saturated heterocycles. The molecule has 0 fully saturated rings. The zero-order valence-electron chi connectivity index (χ0n) is 19.0. The first-order chi connectivity index (χ1) is 16.0. The molecule has 0 bridgehead atoms. The Morgan fingerprint density at radius 2 is 1.74 bits per heavy atom. The number of aryl methyl sites for hydroxylation is 1. The van der Waals surface area contributed by atoms with E-state index in [9.17, 15) is 13.2 Å². The number of hydrogen-bond acceptors (Lipinski definition) is 7. The Labute approximate surface area is 197 Å². The Hall–Kier alpha value is -3.96. The zero-order chi connectivity index (χ0) is 24.7. The third-order valence-electron chi connectivity index (χ3n) is 5.15. The van der Waals surface area contributed by atoms with E-state index in [1.807, 2.05) is 6.92 Å². The Morgan fingerprint density at radius 3 is 2.38 bits per heavy atom. The molecule has 1 heterocycles. The van der Waals surface area contributed by atoms with E-state index in [2.05, 4.69) is 5.92 Å². The number of rotatable bonds is 6. The highest BCUT2D eigenvalue weighted by Crippen LogP contribution is 2.36. The lowest BCUT2D eigenvalue weighted by molar-refractivity contribution is 0.172. The second-order valence-corrected chi connectivity index (χ2v) is 9.72. The van der Waals surface area contributed by atoms with E-state index in [1.165, 1.54) is 31.4 Å². The third kappa shape index (κ3) is 4.30. The Balaban J connectivity index is 1.99. The fourth-order valence-corrected chi connectivity index (χ4v) is 4.33. The smallest absolute Gasteiger partial charge is 0.339 e. The van der Waals surface area contributed by atoms with E-state index in [0.29, 0.717) is 5.75 Å². The summed E-state index contributed by atoms with van der Waals surface area (Å²) in [5.41, 5.74) is -0.343. The van der Waals surface area contributed by atoms with Crippen LogP contribution in [0.1, 0.15) is 19.4 Å². The molecule has 0 radical (unpaired) electrons. The van der Waals surface area contributed by atoms with E-state index >= 15 is 0 Å². The summed E-state index contributed by atoms with van der Waals surface area (Å²) in [5, 5.41) is 0.157. The van der Waals surface area contributed by atoms with Crippen molar-refractivity contribution in [2.75, 3.05) is 7.11 Å². The van der Waals surface area contributed by atoms with Crippen molar-refractivity contribution in [3.05, 3.63) is 70.4 Å². The highest BCUT2D eigenvalue weighted by molar-refractivity contribution is 7.87. The van der Waals surface area contributed by atoms with Crippen LogP contribution in [0.5, 0.6) is 17.2 Å². The minimum atomic E-state index is -4.27. The lowest BCUT2D eigenvalue weighted by Gasteiger charge is -2.21. The van der Waals surface area contributed by atoms with Crippen LogP contribution in [-0.2, 0) is 10.1 Å². The van der Waals surface area contributed by atoms with Crippen LogP contribution in [0.25, 0.3) is 21.9 Å². The molecule has 3 aromatic carbocycles. The van der Waals surface area contributed by atoms with Crippen LogP contribution in [0.15, 0.2) is 68.7 Å². The summed E-state index contributed by atoms with van der Waals surface area (Å²) in [6.07, 6.45) is 5.54. The van der Waals surface area contributed by atoms with E-state index in [4.69, 9.17) is 24.5 Å². The van der Waals surface area contributed by atoms with Gasteiger partial charge in [-0.2, -0.15) is 8.42 Å². The maximum absolute atomic E-state index is 13.4. The molecule has 0 spiro atoms. The Bertz CT molecular complexity index is 1610. The summed E-state index contributed by atoms with van der Waals surface area (Å²) in [6.45, 7) is 5.17. The first kappa shape index (κ1) is 23.2. The van der Waals surface area contributed by atoms with Gasteiger partial charge >= 0.3 is 10.1 Å². The molecule has 0 atom stereocenters. The third-order valence-corrected chi connectivity index (χ3v) is 6.40. The van der Waals surface area contributed by atoms with E-state index in [0.717, 1.165) is 5.56 Å². The van der Waals surface area contributed by atoms with Gasteiger partial charge in [-0.15, -0.1) is 6.42 Å². The van der Waals surface area contributed by atoms with Crippen LogP contribution in [0, 0.1) is 19.3 Å². The summed E-state index contributed by atoms with van der Waals surface area (Å²) in [6, 6.07) is 13.8. The lowest BCUT2D eigenvalue weighted by Crippen LogP contribution is -2.25. The average molecular weight is 479 g/mol. The van der Waals surface area contributed by atoms with Crippen LogP contribution in [0.3, 0.4) is 0 Å². The maximum atomic E-state index is 13.4. The van der Waals surface area contributed by atoms with E-state index in [1.54, 1.807) is 44.2 Å². The SMILES string of the molecule is C#CC(C)(C)Oc1cc(OS(=O)(=O)c2ccc(C)cc2)c2c(=O)c3cccc(OC)c3oc2c1. The zero-order valence-corrected chi connectivity index (χ0v) is 19.9. The molecule has 0 unspecified atom stereocenters. The molecule has 1 aromatic heterocycles. The molecular formula is C26H22O7S. The molecule has 0 N–H and O–H groups in total. The maximum Gasteiger partial charge on any atom is 0.339 e. The largest absolute Gasteiger partial charge is 0.493 e. The number of benzene rings is 3. The van der Waals surface area contributed by atoms with Gasteiger partial charge in [0.25, 0.3) is 0 Å². The summed E-state index contributed by atoms with van der Waals surface area (Å²) in [4.78, 5) is 13.4. The van der Waals surface area contributed by atoms with Gasteiger partial charge < -0.3 is 18.1 Å². The fraction of sp³-hybridized carbons (Fsp3) is 0.192. The number of ether oxygens (including phenoxy) is 2. The molecule has 4 aromatic rings. The van der Waals surface area contributed by atoms with Crippen LogP contribution >= 0.6 is 0 Å². The summed E-state index contributed by atoms with van der Waals surface area (Å²) >= 11 is 0. The minimum Gasteiger partial charge on any atom is -0.493 e. The van der Waals surface area contributed by atoms with Crippen molar-refractivity contribution < 1.29 is 26.5 Å². The average Bonchev–Trinajstić information content (AvgIpc) is 2.78. The first-order valence-corrected chi connectivity index (χ1v) is 11.7. The van der Waals surface area contributed by atoms with Gasteiger partial charge in [0.15, 0.2) is 22.7 Å². The van der Waals surface area contributed by atoms with Crippen molar-refractivity contribution >= 4 is 32.1 Å². The van der Waals surface area contributed by atoms with E-state index < -0.39 is 21.1 Å². The van der Waals surface area contributed by atoms with Crippen LogP contribution in [0.2, 0.25) is 0 Å². The van der Waals surface area contributed by atoms with Crippen LogP contribution in [-0.4, -0.2) is 21.1 Å². The van der Waals surface area contributed by atoms with Gasteiger partial charge in [-0.1, -0.05) is 29.7 Å². The molecule has 8 heteroatoms. The number of terminal acetylenes is 1. The van der Waals surface area contributed by atoms with Gasteiger partial charge in [-0.25, -0.2) is 0 Å². The van der Waals surface area contributed by atoms with E-state index in [-0.39, 0.29) is 38.3 Å². The molecule has 0 aliphatic heterocycles. The highest BCUT2D eigenvalue weighted by atomic mass is 32.2. The molecule has 7 nitrogen and oxygen atoms in total. The van der Waals surface area contributed by atoms with Gasteiger partial charge in [-0.3, -0.25) is 4.79 Å². The standard InChI is InChI=1S/C26H22O7S/c1-6-26(3,4)32-17-14-21-23(24(27)19-8-7-9-20(30-5)25(19)31-21)22(15-17)33-34(28,29)18-12-10-16(2)11-13-18/h1,7-15H,2-5H3. The molecule has 0 saturated carbocycles. The Kier molecular flexibility index (Phi) is 5.75. The normalized spacial score (nSPS) is 11.9. The van der Waals surface area contributed by atoms with Crippen molar-refractivity contribution in [2.45, 2.75) is 31.3 Å². The molecule has 174 valence electrons. The van der Waals surface area contributed by atoms with Crippen molar-refractivity contribution in [1.29, 1.82) is 0 Å². The number of para-hydroxylation sites is 1. The molecule has 0 aliphatic rings. The van der Waals surface area contributed by atoms with Gasteiger partial charge in [0.2, 0.25) is 5.43 Å². The van der Waals surface area contributed by atoms with Crippen molar-refractivity contribution in [1.82, 2.24) is 0 Å². The number of hydrogen-bond donors (Lipinski definition) is 0. The number of fused-ring (bicyclic) bond motifs is 2. The Morgan fingerprint density at radius 1 is 1.03 bits per heavy atom. The van der Waals surface area contributed by atoms with Gasteiger partial charge in [0, 0.05) is 12.1 Å². The molecule has 0 aliphatic carbocycles. The van der Waals surface area contributed by atoms with Crippen molar-refractivity contribution in [3.63, 3.8) is 0 Å². The summed E-state index contributed by atoms with van der Waals surface area (Å²) < 4.78 is 48.7. The van der Waals surface area contributed by atoms with Gasteiger partial charge in [-0.05, 0) is 45.0 Å². The van der Waals surface area contributed by atoms with Crippen molar-refractivity contribution in [2.24, 2.45) is 0 Å². The van der Waals surface area contributed by atoms with Gasteiger partial charge in [0.05, 0.1) is 12.5 Å². The number of methoxy groups -OCH3 is 1. The predicted octanol–water partition coefficient (Wildman–Crippen LogP) is 4.82. The quantitative estimate of drug-likeness (QED) is 0.223. The monoisotopic (exact) mass is 478 g/mol. The predicted molar refractivity (Wildman–Crippen MR) is 129 cm³/mol.